The van der Waals surface area contributed by atoms with E-state index < -0.39 is 0 Å². The van der Waals surface area contributed by atoms with Gasteiger partial charge in [-0.25, -0.2) is 4.79 Å². The average Bonchev–Trinajstić information content (AvgIpc) is 3.44. The van der Waals surface area contributed by atoms with Crippen molar-refractivity contribution in [2.45, 2.75) is 46.1 Å². The van der Waals surface area contributed by atoms with E-state index in [0.717, 1.165) is 26.9 Å². The predicted octanol–water partition coefficient (Wildman–Crippen LogP) is 3.50. The number of rotatable bonds is 7. The summed E-state index contributed by atoms with van der Waals surface area (Å²) in [6.07, 6.45) is 0.969. The highest BCUT2D eigenvalue weighted by Gasteiger charge is 2.20. The highest BCUT2D eigenvalue weighted by molar-refractivity contribution is 5.77. The van der Waals surface area contributed by atoms with Gasteiger partial charge in [-0.3, -0.25) is 9.36 Å². The Balaban J connectivity index is 1.60. The van der Waals surface area contributed by atoms with E-state index in [2.05, 4.69) is 25.7 Å². The maximum atomic E-state index is 12.9. The van der Waals surface area contributed by atoms with Crippen molar-refractivity contribution in [2.24, 2.45) is 0 Å². The Hall–Kier alpha value is -3.88. The molecule has 0 radical (unpaired) electrons. The fourth-order valence-corrected chi connectivity index (χ4v) is 3.58. The summed E-state index contributed by atoms with van der Waals surface area (Å²) in [5, 5.41) is 18.4. The quantitative estimate of drug-likeness (QED) is 0.479. The molecule has 0 unspecified atom stereocenters. The van der Waals surface area contributed by atoms with E-state index in [-0.39, 0.29) is 17.5 Å². The van der Waals surface area contributed by atoms with Crippen LogP contribution in [0.2, 0.25) is 0 Å². The van der Waals surface area contributed by atoms with Gasteiger partial charge in [-0.15, -0.1) is 20.0 Å². The van der Waals surface area contributed by atoms with Crippen molar-refractivity contribution in [3.8, 4) is 22.5 Å². The van der Waals surface area contributed by atoms with Crippen LogP contribution in [-0.2, 0) is 6.54 Å². The Bertz CT molecular complexity index is 1270. The summed E-state index contributed by atoms with van der Waals surface area (Å²) in [6.45, 7) is 6.19. The fraction of sp³-hybridized carbons (Fsp3) is 0.304. The number of benzene rings is 2. The van der Waals surface area contributed by atoms with E-state index in [0.29, 0.717) is 31.0 Å². The van der Waals surface area contributed by atoms with Gasteiger partial charge in [0.2, 0.25) is 5.82 Å². The Morgan fingerprint density at radius 3 is 2.47 bits per heavy atom. The molecule has 0 bridgehead atoms. The molecule has 2 aromatic carbocycles. The number of hydrogen-bond donors (Lipinski definition) is 1. The third-order valence-electron chi connectivity index (χ3n) is 5.20. The van der Waals surface area contributed by atoms with Crippen LogP contribution < -0.4 is 5.69 Å². The molecule has 32 heavy (non-hydrogen) atoms. The molecular weight excluding hydrogens is 406 g/mol. The van der Waals surface area contributed by atoms with Crippen molar-refractivity contribution >= 4 is 5.91 Å². The van der Waals surface area contributed by atoms with Gasteiger partial charge >= 0.3 is 5.69 Å². The van der Waals surface area contributed by atoms with Gasteiger partial charge in [-0.05, 0) is 34.4 Å². The Morgan fingerprint density at radius 2 is 1.81 bits per heavy atom. The van der Waals surface area contributed by atoms with Gasteiger partial charge < -0.3 is 0 Å². The van der Waals surface area contributed by atoms with Gasteiger partial charge in [-0.2, -0.15) is 5.21 Å². The van der Waals surface area contributed by atoms with Crippen LogP contribution in [0.1, 0.15) is 55.7 Å². The summed E-state index contributed by atoms with van der Waals surface area (Å²) >= 11 is 0. The molecule has 0 saturated carbocycles. The maximum Gasteiger partial charge on any atom is 0.353 e. The van der Waals surface area contributed by atoms with E-state index >= 15 is 0 Å². The number of nitrogens with one attached hydrogen (secondary N) is 1. The van der Waals surface area contributed by atoms with Crippen molar-refractivity contribution in [2.75, 3.05) is 0 Å². The SMILES string of the molecule is CCCC(=O)n1nc(C(C)C)n(Cc2ccc(-c3cccc(-c4nn[nH]n4)c3)cc2)c1=O. The minimum Gasteiger partial charge on any atom is -0.274 e. The minimum atomic E-state index is -0.385. The van der Waals surface area contributed by atoms with E-state index in [9.17, 15) is 9.59 Å². The standard InChI is InChI=1S/C23H25N7O2/c1-4-6-20(31)30-23(32)29(22(26-30)15(2)3)14-16-9-11-17(12-10-16)18-7-5-8-19(13-18)21-24-27-28-25-21/h5,7-13,15H,4,6,14H2,1-3H3,(H,24,25,27,28). The number of hydrogen-bond acceptors (Lipinski definition) is 6. The molecule has 0 saturated heterocycles. The largest absolute Gasteiger partial charge is 0.353 e. The first-order valence-electron chi connectivity index (χ1n) is 10.6. The second-order valence-electron chi connectivity index (χ2n) is 7.95. The van der Waals surface area contributed by atoms with Gasteiger partial charge in [-0.1, -0.05) is 63.2 Å². The molecule has 0 aliphatic heterocycles. The summed E-state index contributed by atoms with van der Waals surface area (Å²) in [5.74, 6) is 0.899. The van der Waals surface area contributed by atoms with Gasteiger partial charge in [0.15, 0.2) is 0 Å². The summed E-state index contributed by atoms with van der Waals surface area (Å²) in [4.78, 5) is 25.2. The molecule has 0 spiro atoms. The zero-order valence-corrected chi connectivity index (χ0v) is 18.3. The number of H-pyrrole nitrogens is 1. The van der Waals surface area contributed by atoms with Gasteiger partial charge in [0.25, 0.3) is 5.91 Å². The highest BCUT2D eigenvalue weighted by Crippen LogP contribution is 2.25. The van der Waals surface area contributed by atoms with Crippen molar-refractivity contribution < 1.29 is 4.79 Å². The van der Waals surface area contributed by atoms with Crippen LogP contribution in [0.3, 0.4) is 0 Å². The second-order valence-corrected chi connectivity index (χ2v) is 7.95. The van der Waals surface area contributed by atoms with Crippen LogP contribution in [0.25, 0.3) is 22.5 Å². The molecule has 9 nitrogen and oxygen atoms in total. The van der Waals surface area contributed by atoms with Crippen LogP contribution in [0.15, 0.2) is 53.3 Å². The zero-order valence-electron chi connectivity index (χ0n) is 18.3. The Labute approximate surface area is 185 Å². The lowest BCUT2D eigenvalue weighted by Gasteiger charge is -2.09. The first-order valence-corrected chi connectivity index (χ1v) is 10.6. The van der Waals surface area contributed by atoms with Crippen LogP contribution in [0.5, 0.6) is 0 Å². The van der Waals surface area contributed by atoms with E-state index in [1.165, 1.54) is 0 Å². The molecule has 0 atom stereocenters. The number of aromatic amines is 1. The summed E-state index contributed by atoms with van der Waals surface area (Å²) < 4.78 is 2.60. The Kier molecular flexibility index (Phi) is 6.07. The molecule has 164 valence electrons. The van der Waals surface area contributed by atoms with Crippen molar-refractivity contribution in [3.05, 3.63) is 70.4 Å². The number of carbonyl (C=O) groups is 1. The van der Waals surface area contributed by atoms with Crippen molar-refractivity contribution in [1.82, 2.24) is 35.0 Å². The van der Waals surface area contributed by atoms with Crippen LogP contribution in [0, 0.1) is 0 Å². The normalized spacial score (nSPS) is 11.2. The lowest BCUT2D eigenvalue weighted by molar-refractivity contribution is 0.0880. The molecule has 1 N–H and O–H groups in total. The lowest BCUT2D eigenvalue weighted by atomic mass is 10.0. The smallest absolute Gasteiger partial charge is 0.274 e. The molecule has 0 aliphatic carbocycles. The van der Waals surface area contributed by atoms with E-state index in [1.54, 1.807) is 4.57 Å². The average molecular weight is 432 g/mol. The summed E-state index contributed by atoms with van der Waals surface area (Å²) in [5.41, 5.74) is 3.50. The number of carbonyl (C=O) groups excluding carboxylic acids is 1. The third kappa shape index (κ3) is 4.27. The fourth-order valence-electron chi connectivity index (χ4n) is 3.58. The first-order chi connectivity index (χ1) is 15.5. The third-order valence-corrected chi connectivity index (χ3v) is 5.20. The molecule has 0 aliphatic rings. The van der Waals surface area contributed by atoms with Gasteiger partial charge in [0.1, 0.15) is 5.82 Å². The molecule has 9 heteroatoms. The van der Waals surface area contributed by atoms with E-state index in [4.69, 9.17) is 0 Å². The van der Waals surface area contributed by atoms with Gasteiger partial charge in [0.05, 0.1) is 6.54 Å². The summed E-state index contributed by atoms with van der Waals surface area (Å²) in [6, 6.07) is 15.9. The van der Waals surface area contributed by atoms with E-state index in [1.807, 2.05) is 69.3 Å². The monoisotopic (exact) mass is 431 g/mol. The predicted molar refractivity (Wildman–Crippen MR) is 120 cm³/mol. The lowest BCUT2D eigenvalue weighted by Crippen LogP contribution is -2.30. The minimum absolute atomic E-state index is 0.0190. The highest BCUT2D eigenvalue weighted by atomic mass is 16.2. The van der Waals surface area contributed by atoms with Crippen LogP contribution in [0.4, 0.5) is 0 Å². The van der Waals surface area contributed by atoms with Crippen molar-refractivity contribution in [1.29, 1.82) is 0 Å². The molecule has 0 fully saturated rings. The van der Waals surface area contributed by atoms with Crippen LogP contribution >= 0.6 is 0 Å². The first kappa shape index (κ1) is 21.4. The topological polar surface area (TPSA) is 111 Å². The maximum absolute atomic E-state index is 12.9. The number of aromatic nitrogens is 7. The zero-order chi connectivity index (χ0) is 22.7. The molecule has 2 aromatic heterocycles. The molecule has 4 rings (SSSR count). The number of tetrazole rings is 1. The van der Waals surface area contributed by atoms with Crippen molar-refractivity contribution in [3.63, 3.8) is 0 Å². The van der Waals surface area contributed by atoms with Gasteiger partial charge in [0, 0.05) is 17.9 Å². The second kappa shape index (κ2) is 9.09. The molecule has 2 heterocycles. The Morgan fingerprint density at radius 1 is 1.06 bits per heavy atom. The summed E-state index contributed by atoms with van der Waals surface area (Å²) in [7, 11) is 0. The molecular formula is C23H25N7O2. The van der Waals surface area contributed by atoms with Crippen LogP contribution in [-0.4, -0.2) is 40.9 Å². The molecule has 4 aromatic rings. The number of nitrogens with zero attached hydrogens (tertiary/aromatic N) is 6. The molecule has 0 amide bonds.